The summed E-state index contributed by atoms with van der Waals surface area (Å²) >= 11 is 5.14. The van der Waals surface area contributed by atoms with Gasteiger partial charge in [-0.2, -0.15) is 11.8 Å². The minimum Gasteiger partial charge on any atom is -0.383 e. The lowest BCUT2D eigenvalue weighted by Gasteiger charge is -2.21. The Morgan fingerprint density at radius 1 is 1.57 bits per heavy atom. The van der Waals surface area contributed by atoms with Gasteiger partial charge in [-0.25, -0.2) is 4.98 Å². The molecular formula is C10H12BrNOS. The van der Waals surface area contributed by atoms with Gasteiger partial charge >= 0.3 is 0 Å². The number of thioether (sulfide) groups is 1. The van der Waals surface area contributed by atoms with Crippen LogP contribution in [0.2, 0.25) is 0 Å². The normalized spacial score (nSPS) is 26.8. The Morgan fingerprint density at radius 3 is 2.93 bits per heavy atom. The van der Waals surface area contributed by atoms with Gasteiger partial charge in [0.15, 0.2) is 0 Å². The maximum atomic E-state index is 10.3. The topological polar surface area (TPSA) is 33.1 Å². The van der Waals surface area contributed by atoms with E-state index in [1.165, 1.54) is 0 Å². The molecule has 2 nitrogen and oxygen atoms in total. The van der Waals surface area contributed by atoms with Gasteiger partial charge in [-0.3, -0.25) is 0 Å². The average Bonchev–Trinajstić information content (AvgIpc) is 2.52. The SMILES string of the molecule is Cc1cc(Br)nc(C2(O)CCSC2)c1. The Kier molecular flexibility index (Phi) is 2.86. The zero-order valence-electron chi connectivity index (χ0n) is 7.96. The molecule has 14 heavy (non-hydrogen) atoms. The zero-order chi connectivity index (χ0) is 10.2. The maximum absolute atomic E-state index is 10.3. The molecule has 76 valence electrons. The quantitative estimate of drug-likeness (QED) is 0.799. The summed E-state index contributed by atoms with van der Waals surface area (Å²) in [4.78, 5) is 4.34. The molecule has 1 aromatic heterocycles. The fraction of sp³-hybridized carbons (Fsp3) is 0.500. The summed E-state index contributed by atoms with van der Waals surface area (Å²) in [5, 5.41) is 10.3. The molecule has 1 saturated heterocycles. The summed E-state index contributed by atoms with van der Waals surface area (Å²) < 4.78 is 0.804. The molecule has 0 amide bonds. The largest absolute Gasteiger partial charge is 0.383 e. The van der Waals surface area contributed by atoms with Crippen LogP contribution < -0.4 is 0 Å². The molecule has 1 fully saturated rings. The van der Waals surface area contributed by atoms with E-state index >= 15 is 0 Å². The molecule has 2 heterocycles. The molecule has 1 aliphatic rings. The van der Waals surface area contributed by atoms with Crippen LogP contribution in [0, 0.1) is 6.92 Å². The van der Waals surface area contributed by atoms with Gasteiger partial charge in [-0.05, 0) is 52.7 Å². The van der Waals surface area contributed by atoms with Crippen molar-refractivity contribution in [1.29, 1.82) is 0 Å². The second-order valence-corrected chi connectivity index (χ2v) is 5.60. The molecule has 1 atom stereocenters. The van der Waals surface area contributed by atoms with Gasteiger partial charge in [0.1, 0.15) is 10.2 Å². The summed E-state index contributed by atoms with van der Waals surface area (Å²) in [5.41, 5.74) is 1.22. The molecular weight excluding hydrogens is 262 g/mol. The molecule has 1 aromatic rings. The fourth-order valence-electron chi connectivity index (χ4n) is 1.62. The van der Waals surface area contributed by atoms with E-state index in [0.29, 0.717) is 0 Å². The second kappa shape index (κ2) is 3.83. The smallest absolute Gasteiger partial charge is 0.116 e. The van der Waals surface area contributed by atoms with Crippen LogP contribution in [-0.4, -0.2) is 21.6 Å². The van der Waals surface area contributed by atoms with Crippen molar-refractivity contribution in [3.05, 3.63) is 28.0 Å². The highest BCUT2D eigenvalue weighted by atomic mass is 79.9. The molecule has 1 N–H and O–H groups in total. The number of aromatic nitrogens is 1. The number of aliphatic hydroxyl groups is 1. The minimum atomic E-state index is -0.709. The van der Waals surface area contributed by atoms with Crippen molar-refractivity contribution in [3.8, 4) is 0 Å². The van der Waals surface area contributed by atoms with Crippen LogP contribution in [0.25, 0.3) is 0 Å². The summed E-state index contributed by atoms with van der Waals surface area (Å²) in [6.45, 7) is 2.02. The lowest BCUT2D eigenvalue weighted by atomic mass is 9.98. The van der Waals surface area contributed by atoms with Gasteiger partial charge in [0.25, 0.3) is 0 Å². The van der Waals surface area contributed by atoms with Crippen LogP contribution in [-0.2, 0) is 5.60 Å². The van der Waals surface area contributed by atoms with Crippen molar-refractivity contribution in [2.45, 2.75) is 18.9 Å². The fourth-order valence-corrected chi connectivity index (χ4v) is 3.43. The Bertz CT molecular complexity index is 330. The molecule has 0 aromatic carbocycles. The number of hydrogen-bond acceptors (Lipinski definition) is 3. The average molecular weight is 274 g/mol. The molecule has 2 rings (SSSR count). The van der Waals surface area contributed by atoms with Gasteiger partial charge in [-0.15, -0.1) is 0 Å². The highest BCUT2D eigenvalue weighted by molar-refractivity contribution is 9.10. The first-order chi connectivity index (χ1) is 6.60. The van der Waals surface area contributed by atoms with Crippen LogP contribution >= 0.6 is 27.7 Å². The third kappa shape index (κ3) is 1.97. The molecule has 0 radical (unpaired) electrons. The number of hydrogen-bond donors (Lipinski definition) is 1. The highest BCUT2D eigenvalue weighted by Crippen LogP contribution is 2.36. The van der Waals surface area contributed by atoms with Crippen molar-refractivity contribution in [3.63, 3.8) is 0 Å². The van der Waals surface area contributed by atoms with E-state index in [1.807, 2.05) is 19.1 Å². The summed E-state index contributed by atoms with van der Waals surface area (Å²) in [6.07, 6.45) is 0.806. The van der Waals surface area contributed by atoms with Crippen LogP contribution in [0.5, 0.6) is 0 Å². The van der Waals surface area contributed by atoms with Crippen molar-refractivity contribution in [2.75, 3.05) is 11.5 Å². The van der Waals surface area contributed by atoms with E-state index in [9.17, 15) is 5.11 Å². The lowest BCUT2D eigenvalue weighted by Crippen LogP contribution is -2.26. The van der Waals surface area contributed by atoms with Gasteiger partial charge in [0.2, 0.25) is 0 Å². The van der Waals surface area contributed by atoms with E-state index in [-0.39, 0.29) is 0 Å². The molecule has 1 aliphatic heterocycles. The molecule has 0 spiro atoms. The van der Waals surface area contributed by atoms with Gasteiger partial charge in [0, 0.05) is 5.75 Å². The summed E-state index contributed by atoms with van der Waals surface area (Å²) in [7, 11) is 0. The van der Waals surface area contributed by atoms with Crippen molar-refractivity contribution < 1.29 is 5.11 Å². The first kappa shape index (κ1) is 10.5. The highest BCUT2D eigenvalue weighted by Gasteiger charge is 2.35. The maximum Gasteiger partial charge on any atom is 0.116 e. The van der Waals surface area contributed by atoms with Crippen molar-refractivity contribution >= 4 is 27.7 Å². The Balaban J connectivity index is 2.40. The number of aryl methyl sites for hydroxylation is 1. The standard InChI is InChI=1S/C10H12BrNOS/c1-7-4-8(12-9(11)5-7)10(13)2-3-14-6-10/h4-5,13H,2-3,6H2,1H3. The molecule has 4 heteroatoms. The second-order valence-electron chi connectivity index (χ2n) is 3.69. The number of rotatable bonds is 1. The third-order valence-corrected chi connectivity index (χ3v) is 4.00. The van der Waals surface area contributed by atoms with Gasteiger partial charge in [-0.1, -0.05) is 0 Å². The minimum absolute atomic E-state index is 0.709. The third-order valence-electron chi connectivity index (χ3n) is 2.42. The first-order valence-corrected chi connectivity index (χ1v) is 6.50. The monoisotopic (exact) mass is 273 g/mol. The number of halogens is 1. The van der Waals surface area contributed by atoms with E-state index < -0.39 is 5.60 Å². The molecule has 0 aliphatic carbocycles. The first-order valence-electron chi connectivity index (χ1n) is 4.55. The molecule has 0 saturated carbocycles. The van der Waals surface area contributed by atoms with Crippen LogP contribution in [0.1, 0.15) is 17.7 Å². The van der Waals surface area contributed by atoms with E-state index in [4.69, 9.17) is 0 Å². The van der Waals surface area contributed by atoms with Crippen molar-refractivity contribution in [2.24, 2.45) is 0 Å². The van der Waals surface area contributed by atoms with Crippen LogP contribution in [0.4, 0.5) is 0 Å². The number of pyridine rings is 1. The van der Waals surface area contributed by atoms with E-state index in [2.05, 4.69) is 20.9 Å². The zero-order valence-corrected chi connectivity index (χ0v) is 10.4. The summed E-state index contributed by atoms with van der Waals surface area (Å²) in [5.74, 6) is 1.78. The van der Waals surface area contributed by atoms with E-state index in [0.717, 1.165) is 33.8 Å². The van der Waals surface area contributed by atoms with E-state index in [1.54, 1.807) is 11.8 Å². The molecule has 1 unspecified atom stereocenters. The predicted molar refractivity (Wildman–Crippen MR) is 62.5 cm³/mol. The number of nitrogens with zero attached hydrogens (tertiary/aromatic N) is 1. The molecule has 0 bridgehead atoms. The van der Waals surface area contributed by atoms with Crippen LogP contribution in [0.15, 0.2) is 16.7 Å². The van der Waals surface area contributed by atoms with Gasteiger partial charge in [0.05, 0.1) is 5.69 Å². The van der Waals surface area contributed by atoms with Crippen LogP contribution in [0.3, 0.4) is 0 Å². The predicted octanol–water partition coefficient (Wildman–Crippen LogP) is 2.48. The van der Waals surface area contributed by atoms with Crippen molar-refractivity contribution in [1.82, 2.24) is 4.98 Å². The lowest BCUT2D eigenvalue weighted by molar-refractivity contribution is 0.0609. The Morgan fingerprint density at radius 2 is 2.36 bits per heavy atom. The Hall–Kier alpha value is -0.0600. The van der Waals surface area contributed by atoms with Gasteiger partial charge < -0.3 is 5.11 Å². The Labute approximate surface area is 96.3 Å². The summed E-state index contributed by atoms with van der Waals surface area (Å²) in [6, 6.07) is 3.92.